The first kappa shape index (κ1) is 10.8. The molecule has 1 aromatic rings. The van der Waals surface area contributed by atoms with Crippen LogP contribution in [0.15, 0.2) is 0 Å². The lowest BCUT2D eigenvalue weighted by atomic mass is 10.1. The Morgan fingerprint density at radius 3 is 3.06 bits per heavy atom. The van der Waals surface area contributed by atoms with Crippen LogP contribution in [-0.2, 0) is 13.0 Å². The van der Waals surface area contributed by atoms with Crippen molar-refractivity contribution in [2.24, 2.45) is 5.92 Å². The second-order valence-corrected chi connectivity index (χ2v) is 4.73. The van der Waals surface area contributed by atoms with Crippen LogP contribution in [0.2, 0.25) is 0 Å². The normalized spacial score (nSPS) is 18.6. The van der Waals surface area contributed by atoms with Crippen LogP contribution in [0.5, 0.6) is 5.88 Å². The Morgan fingerprint density at radius 1 is 1.41 bits per heavy atom. The lowest BCUT2D eigenvalue weighted by Crippen LogP contribution is -2.26. The maximum absolute atomic E-state index is 5.34. The van der Waals surface area contributed by atoms with Gasteiger partial charge in [-0.15, -0.1) is 0 Å². The van der Waals surface area contributed by atoms with Crippen LogP contribution in [0.25, 0.3) is 0 Å². The maximum Gasteiger partial charge on any atom is 0.226 e. The fraction of sp³-hybridized carbons (Fsp3) is 0.667. The molecule has 2 aliphatic rings. The van der Waals surface area contributed by atoms with E-state index in [0.29, 0.717) is 5.88 Å². The second kappa shape index (κ2) is 4.49. The highest BCUT2D eigenvalue weighted by Gasteiger charge is 2.22. The van der Waals surface area contributed by atoms with Crippen LogP contribution >= 0.6 is 0 Å². The standard InChI is InChI=1S/C12H18N4O/c1-17-11-9-7-13-5-4-10(9)15-12(16-11)14-6-8-2-3-8/h8,13H,2-7H2,1H3,(H,14,15,16). The van der Waals surface area contributed by atoms with Gasteiger partial charge in [0.2, 0.25) is 11.8 Å². The summed E-state index contributed by atoms with van der Waals surface area (Å²) in [4.78, 5) is 9.00. The first-order valence-electron chi connectivity index (χ1n) is 6.25. The minimum Gasteiger partial charge on any atom is -0.481 e. The molecule has 1 aliphatic heterocycles. The van der Waals surface area contributed by atoms with E-state index in [1.54, 1.807) is 7.11 Å². The molecule has 0 saturated heterocycles. The molecule has 5 nitrogen and oxygen atoms in total. The highest BCUT2D eigenvalue weighted by molar-refractivity contribution is 5.39. The Hall–Kier alpha value is -1.36. The highest BCUT2D eigenvalue weighted by atomic mass is 16.5. The Balaban J connectivity index is 1.82. The Bertz CT molecular complexity index is 400. The first-order chi connectivity index (χ1) is 8.36. The van der Waals surface area contributed by atoms with Gasteiger partial charge in [-0.1, -0.05) is 0 Å². The molecule has 0 atom stereocenters. The Kier molecular flexibility index (Phi) is 2.84. The quantitative estimate of drug-likeness (QED) is 0.812. The summed E-state index contributed by atoms with van der Waals surface area (Å²) >= 11 is 0. The number of nitrogens with one attached hydrogen (secondary N) is 2. The van der Waals surface area contributed by atoms with Crippen molar-refractivity contribution in [3.63, 3.8) is 0 Å². The summed E-state index contributed by atoms with van der Waals surface area (Å²) in [6.45, 7) is 2.77. The molecule has 1 aromatic heterocycles. The molecular weight excluding hydrogens is 216 g/mol. The van der Waals surface area contributed by atoms with Crippen molar-refractivity contribution >= 4 is 5.95 Å². The molecule has 3 rings (SSSR count). The largest absolute Gasteiger partial charge is 0.481 e. The summed E-state index contributed by atoms with van der Waals surface area (Å²) in [5.74, 6) is 2.25. The minimum absolute atomic E-state index is 0.709. The molecule has 1 aliphatic carbocycles. The average Bonchev–Trinajstić information content (AvgIpc) is 3.19. The van der Waals surface area contributed by atoms with Gasteiger partial charge in [0, 0.05) is 31.6 Å². The SMILES string of the molecule is COc1nc(NCC2CC2)nc2c1CNCC2. The van der Waals surface area contributed by atoms with Gasteiger partial charge < -0.3 is 15.4 Å². The molecule has 2 heterocycles. The van der Waals surface area contributed by atoms with Crippen LogP contribution < -0.4 is 15.4 Å². The molecule has 0 bridgehead atoms. The number of ether oxygens (including phenoxy) is 1. The van der Waals surface area contributed by atoms with Crippen molar-refractivity contribution < 1.29 is 4.74 Å². The van der Waals surface area contributed by atoms with Gasteiger partial charge in [0.25, 0.3) is 0 Å². The van der Waals surface area contributed by atoms with E-state index in [4.69, 9.17) is 4.74 Å². The molecule has 1 saturated carbocycles. The van der Waals surface area contributed by atoms with Crippen molar-refractivity contribution in [3.05, 3.63) is 11.3 Å². The van der Waals surface area contributed by atoms with Crippen LogP contribution in [0.3, 0.4) is 0 Å². The molecule has 0 aromatic carbocycles. The number of nitrogens with zero attached hydrogens (tertiary/aromatic N) is 2. The summed E-state index contributed by atoms with van der Waals surface area (Å²) in [6, 6.07) is 0. The van der Waals surface area contributed by atoms with Crippen LogP contribution in [0.1, 0.15) is 24.1 Å². The van der Waals surface area contributed by atoms with Crippen LogP contribution in [0.4, 0.5) is 5.95 Å². The molecule has 2 N–H and O–H groups in total. The topological polar surface area (TPSA) is 59.1 Å². The fourth-order valence-corrected chi connectivity index (χ4v) is 2.12. The third kappa shape index (κ3) is 2.34. The number of methoxy groups -OCH3 is 1. The summed E-state index contributed by atoms with van der Waals surface area (Å²) < 4.78 is 5.34. The zero-order valence-electron chi connectivity index (χ0n) is 10.1. The predicted molar refractivity (Wildman–Crippen MR) is 65.2 cm³/mol. The lowest BCUT2D eigenvalue weighted by Gasteiger charge is -2.19. The van der Waals surface area contributed by atoms with E-state index in [0.717, 1.165) is 49.2 Å². The van der Waals surface area contributed by atoms with Crippen LogP contribution in [0, 0.1) is 5.92 Å². The summed E-state index contributed by atoms with van der Waals surface area (Å²) in [6.07, 6.45) is 3.62. The summed E-state index contributed by atoms with van der Waals surface area (Å²) in [5, 5.41) is 6.62. The molecule has 5 heteroatoms. The molecule has 0 unspecified atom stereocenters. The van der Waals surface area contributed by atoms with Gasteiger partial charge >= 0.3 is 0 Å². The van der Waals surface area contributed by atoms with Gasteiger partial charge in [-0.3, -0.25) is 0 Å². The lowest BCUT2D eigenvalue weighted by molar-refractivity contribution is 0.386. The Morgan fingerprint density at radius 2 is 2.29 bits per heavy atom. The van der Waals surface area contributed by atoms with Crippen molar-refractivity contribution in [1.82, 2.24) is 15.3 Å². The number of hydrogen-bond acceptors (Lipinski definition) is 5. The third-order valence-corrected chi connectivity index (χ3v) is 3.33. The fourth-order valence-electron chi connectivity index (χ4n) is 2.12. The van der Waals surface area contributed by atoms with Gasteiger partial charge in [-0.2, -0.15) is 4.98 Å². The van der Waals surface area contributed by atoms with Gasteiger partial charge in [0.1, 0.15) is 0 Å². The number of aromatic nitrogens is 2. The molecule has 1 fully saturated rings. The predicted octanol–water partition coefficient (Wildman–Crippen LogP) is 0.953. The number of anilines is 1. The first-order valence-corrected chi connectivity index (χ1v) is 6.25. The number of hydrogen-bond donors (Lipinski definition) is 2. The van der Waals surface area contributed by atoms with Crippen molar-refractivity contribution in [1.29, 1.82) is 0 Å². The van der Waals surface area contributed by atoms with Gasteiger partial charge in [0.15, 0.2) is 0 Å². The van der Waals surface area contributed by atoms with Crippen molar-refractivity contribution in [3.8, 4) is 5.88 Å². The molecule has 0 spiro atoms. The second-order valence-electron chi connectivity index (χ2n) is 4.73. The van der Waals surface area contributed by atoms with E-state index in [9.17, 15) is 0 Å². The smallest absolute Gasteiger partial charge is 0.226 e. The van der Waals surface area contributed by atoms with Gasteiger partial charge in [-0.25, -0.2) is 4.98 Å². The summed E-state index contributed by atoms with van der Waals surface area (Å²) in [5.41, 5.74) is 2.23. The van der Waals surface area contributed by atoms with E-state index >= 15 is 0 Å². The van der Waals surface area contributed by atoms with E-state index in [2.05, 4.69) is 20.6 Å². The Labute approximate surface area is 101 Å². The van der Waals surface area contributed by atoms with Crippen molar-refractivity contribution in [2.75, 3.05) is 25.5 Å². The van der Waals surface area contributed by atoms with E-state index < -0.39 is 0 Å². The van der Waals surface area contributed by atoms with Crippen LogP contribution in [-0.4, -0.2) is 30.2 Å². The van der Waals surface area contributed by atoms with Crippen molar-refractivity contribution in [2.45, 2.75) is 25.8 Å². The molecular formula is C12H18N4O. The monoisotopic (exact) mass is 234 g/mol. The zero-order chi connectivity index (χ0) is 11.7. The number of fused-ring (bicyclic) bond motifs is 1. The van der Waals surface area contributed by atoms with Gasteiger partial charge in [-0.05, 0) is 18.8 Å². The van der Waals surface area contributed by atoms with Gasteiger partial charge in [0.05, 0.1) is 12.8 Å². The maximum atomic E-state index is 5.34. The molecule has 0 amide bonds. The zero-order valence-corrected chi connectivity index (χ0v) is 10.1. The molecule has 17 heavy (non-hydrogen) atoms. The third-order valence-electron chi connectivity index (χ3n) is 3.33. The number of rotatable bonds is 4. The minimum atomic E-state index is 0.709. The highest BCUT2D eigenvalue weighted by Crippen LogP contribution is 2.29. The van der Waals surface area contributed by atoms with E-state index in [-0.39, 0.29) is 0 Å². The molecule has 0 radical (unpaired) electrons. The molecule has 92 valence electrons. The average molecular weight is 234 g/mol. The summed E-state index contributed by atoms with van der Waals surface area (Å²) in [7, 11) is 1.67. The van der Waals surface area contributed by atoms with E-state index in [1.807, 2.05) is 0 Å². The van der Waals surface area contributed by atoms with E-state index in [1.165, 1.54) is 12.8 Å².